The van der Waals surface area contributed by atoms with Crippen molar-refractivity contribution < 1.29 is 4.79 Å². The van der Waals surface area contributed by atoms with Crippen molar-refractivity contribution in [3.05, 3.63) is 0 Å². The Labute approximate surface area is 86.2 Å². The van der Waals surface area contributed by atoms with Crippen LogP contribution in [0, 0.1) is 0 Å². The Morgan fingerprint density at radius 1 is 1.50 bits per heavy atom. The van der Waals surface area contributed by atoms with E-state index in [1.807, 2.05) is 19.0 Å². The van der Waals surface area contributed by atoms with Crippen molar-refractivity contribution in [1.82, 2.24) is 15.1 Å². The number of carbonyl (C=O) groups is 1. The molecule has 1 atom stereocenters. The fourth-order valence-corrected chi connectivity index (χ4v) is 1.81. The molecule has 0 spiro atoms. The Balaban J connectivity index is 2.39. The molecule has 1 N–H and O–H groups in total. The molecule has 0 bridgehead atoms. The summed E-state index contributed by atoms with van der Waals surface area (Å²) in [5.41, 5.74) is 0. The largest absolute Gasteiger partial charge is 0.326 e. The smallest absolute Gasteiger partial charge is 0.319 e. The van der Waals surface area contributed by atoms with Crippen LogP contribution < -0.4 is 5.32 Å². The van der Waals surface area contributed by atoms with Gasteiger partial charge >= 0.3 is 6.03 Å². The number of amides is 2. The number of rotatable bonds is 5. The van der Waals surface area contributed by atoms with E-state index < -0.39 is 0 Å². The van der Waals surface area contributed by atoms with Crippen LogP contribution in [0.4, 0.5) is 4.79 Å². The van der Waals surface area contributed by atoms with Crippen LogP contribution in [0.15, 0.2) is 0 Å². The van der Waals surface area contributed by atoms with Gasteiger partial charge in [0, 0.05) is 32.7 Å². The second-order valence-electron chi connectivity index (χ2n) is 3.92. The van der Waals surface area contributed by atoms with Crippen LogP contribution in [0.2, 0.25) is 0 Å². The van der Waals surface area contributed by atoms with Crippen molar-refractivity contribution >= 4 is 6.03 Å². The molecule has 0 radical (unpaired) electrons. The van der Waals surface area contributed by atoms with E-state index in [4.69, 9.17) is 0 Å². The van der Waals surface area contributed by atoms with E-state index in [1.165, 1.54) is 0 Å². The van der Waals surface area contributed by atoms with Crippen molar-refractivity contribution in [1.29, 1.82) is 0 Å². The average Bonchev–Trinajstić information content (AvgIpc) is 2.49. The average molecular weight is 199 g/mol. The summed E-state index contributed by atoms with van der Waals surface area (Å²) in [5, 5.41) is 3.25. The Morgan fingerprint density at radius 2 is 2.21 bits per heavy atom. The maximum Gasteiger partial charge on any atom is 0.319 e. The molecule has 2 amide bonds. The number of nitrogens with one attached hydrogen (secondary N) is 1. The summed E-state index contributed by atoms with van der Waals surface area (Å²) >= 11 is 0. The minimum atomic E-state index is 0.168. The van der Waals surface area contributed by atoms with E-state index in [0.29, 0.717) is 6.04 Å². The van der Waals surface area contributed by atoms with E-state index in [1.54, 1.807) is 4.90 Å². The molecule has 1 heterocycles. The van der Waals surface area contributed by atoms with E-state index in [9.17, 15) is 4.79 Å². The fraction of sp³-hybridized carbons (Fsp3) is 0.900. The number of hydrogen-bond donors (Lipinski definition) is 1. The topological polar surface area (TPSA) is 35.6 Å². The highest BCUT2D eigenvalue weighted by Gasteiger charge is 2.26. The number of urea groups is 1. The van der Waals surface area contributed by atoms with Crippen molar-refractivity contribution in [3.8, 4) is 0 Å². The first-order chi connectivity index (χ1) is 6.69. The van der Waals surface area contributed by atoms with Crippen LogP contribution in [0.25, 0.3) is 0 Å². The lowest BCUT2D eigenvalue weighted by atomic mass is 10.1. The first kappa shape index (κ1) is 11.3. The molecule has 1 aliphatic rings. The van der Waals surface area contributed by atoms with Gasteiger partial charge in [-0.1, -0.05) is 13.3 Å². The van der Waals surface area contributed by atoms with Gasteiger partial charge in [-0.15, -0.1) is 0 Å². The van der Waals surface area contributed by atoms with Crippen LogP contribution in [-0.4, -0.2) is 55.6 Å². The summed E-state index contributed by atoms with van der Waals surface area (Å²) in [4.78, 5) is 15.3. The van der Waals surface area contributed by atoms with E-state index in [-0.39, 0.29) is 6.03 Å². The molecule has 0 saturated carbocycles. The zero-order chi connectivity index (χ0) is 10.6. The summed E-state index contributed by atoms with van der Waals surface area (Å²) in [7, 11) is 3.82. The third kappa shape index (κ3) is 2.61. The minimum absolute atomic E-state index is 0.168. The van der Waals surface area contributed by atoms with Crippen molar-refractivity contribution in [2.24, 2.45) is 0 Å². The van der Waals surface area contributed by atoms with Gasteiger partial charge in [-0.2, -0.15) is 0 Å². The van der Waals surface area contributed by atoms with E-state index in [2.05, 4.69) is 12.2 Å². The predicted molar refractivity (Wildman–Crippen MR) is 57.4 cm³/mol. The Hall–Kier alpha value is -0.770. The molecule has 1 rings (SSSR count). The molecule has 1 aliphatic heterocycles. The second kappa shape index (κ2) is 5.20. The van der Waals surface area contributed by atoms with Gasteiger partial charge in [0.15, 0.2) is 0 Å². The monoisotopic (exact) mass is 199 g/mol. The van der Waals surface area contributed by atoms with Gasteiger partial charge in [-0.05, 0) is 13.5 Å². The molecule has 0 aliphatic carbocycles. The quantitative estimate of drug-likeness (QED) is 0.709. The van der Waals surface area contributed by atoms with E-state index in [0.717, 1.165) is 32.5 Å². The third-order valence-electron chi connectivity index (χ3n) is 2.79. The summed E-state index contributed by atoms with van der Waals surface area (Å²) < 4.78 is 0. The fourth-order valence-electron chi connectivity index (χ4n) is 1.81. The first-order valence-electron chi connectivity index (χ1n) is 5.36. The number of likely N-dealkylation sites (N-methyl/N-ethyl adjacent to an activating group) is 2. The van der Waals surface area contributed by atoms with Crippen LogP contribution in [0.3, 0.4) is 0 Å². The molecular formula is C10H21N3O. The van der Waals surface area contributed by atoms with Crippen molar-refractivity contribution in [2.45, 2.75) is 25.8 Å². The van der Waals surface area contributed by atoms with E-state index >= 15 is 0 Å². The van der Waals surface area contributed by atoms with Crippen LogP contribution in [0.5, 0.6) is 0 Å². The maximum atomic E-state index is 11.6. The summed E-state index contributed by atoms with van der Waals surface area (Å²) in [5.74, 6) is 0. The first-order valence-corrected chi connectivity index (χ1v) is 5.36. The summed E-state index contributed by atoms with van der Waals surface area (Å²) in [6.07, 6.45) is 2.29. The van der Waals surface area contributed by atoms with Gasteiger partial charge in [0.25, 0.3) is 0 Å². The Morgan fingerprint density at radius 3 is 2.64 bits per heavy atom. The zero-order valence-electron chi connectivity index (χ0n) is 9.42. The summed E-state index contributed by atoms with van der Waals surface area (Å²) in [6.45, 7) is 4.74. The molecule has 0 aromatic carbocycles. The van der Waals surface area contributed by atoms with Crippen LogP contribution in [-0.2, 0) is 0 Å². The standard InChI is InChI=1S/C10H21N3O/c1-4-5-9(11-2)8-13-7-6-12(3)10(13)14/h9,11H,4-8H2,1-3H3. The zero-order valence-corrected chi connectivity index (χ0v) is 9.42. The highest BCUT2D eigenvalue weighted by Crippen LogP contribution is 2.08. The SMILES string of the molecule is CCCC(CN1CCN(C)C1=O)NC. The maximum absolute atomic E-state index is 11.6. The molecule has 82 valence electrons. The lowest BCUT2D eigenvalue weighted by Crippen LogP contribution is -2.41. The van der Waals surface area contributed by atoms with Crippen LogP contribution in [0.1, 0.15) is 19.8 Å². The van der Waals surface area contributed by atoms with Crippen molar-refractivity contribution in [3.63, 3.8) is 0 Å². The molecule has 1 fully saturated rings. The number of hydrogen-bond acceptors (Lipinski definition) is 2. The van der Waals surface area contributed by atoms with Gasteiger partial charge in [0.05, 0.1) is 0 Å². The second-order valence-corrected chi connectivity index (χ2v) is 3.92. The highest BCUT2D eigenvalue weighted by molar-refractivity contribution is 5.76. The normalized spacial score (nSPS) is 19.2. The molecule has 4 nitrogen and oxygen atoms in total. The lowest BCUT2D eigenvalue weighted by Gasteiger charge is -2.22. The summed E-state index contributed by atoms with van der Waals surface area (Å²) in [6, 6.07) is 0.608. The van der Waals surface area contributed by atoms with Crippen LogP contribution >= 0.6 is 0 Å². The molecule has 0 aromatic heterocycles. The highest BCUT2D eigenvalue weighted by atomic mass is 16.2. The minimum Gasteiger partial charge on any atom is -0.326 e. The lowest BCUT2D eigenvalue weighted by molar-refractivity contribution is 0.193. The predicted octanol–water partition coefficient (Wildman–Crippen LogP) is 0.742. The van der Waals surface area contributed by atoms with Crippen molar-refractivity contribution in [2.75, 3.05) is 33.7 Å². The van der Waals surface area contributed by atoms with Gasteiger partial charge in [0.1, 0.15) is 0 Å². The number of nitrogens with zero attached hydrogens (tertiary/aromatic N) is 2. The molecule has 0 aromatic rings. The molecule has 14 heavy (non-hydrogen) atoms. The van der Waals surface area contributed by atoms with Gasteiger partial charge < -0.3 is 15.1 Å². The van der Waals surface area contributed by atoms with Gasteiger partial charge in [-0.25, -0.2) is 4.79 Å². The molecular weight excluding hydrogens is 178 g/mol. The van der Waals surface area contributed by atoms with Gasteiger partial charge in [0.2, 0.25) is 0 Å². The molecule has 1 saturated heterocycles. The Kier molecular flexibility index (Phi) is 4.20. The molecule has 1 unspecified atom stereocenters. The molecule has 4 heteroatoms. The number of carbonyl (C=O) groups excluding carboxylic acids is 1. The Bertz CT molecular complexity index is 196. The van der Waals surface area contributed by atoms with Gasteiger partial charge in [-0.3, -0.25) is 0 Å². The third-order valence-corrected chi connectivity index (χ3v) is 2.79.